The van der Waals surface area contributed by atoms with E-state index in [4.69, 9.17) is 22.1 Å². The molecule has 10 heteroatoms. The zero-order valence-corrected chi connectivity index (χ0v) is 19.9. The molecule has 0 saturated carbocycles. The molecule has 0 unspecified atom stereocenters. The van der Waals surface area contributed by atoms with Crippen molar-refractivity contribution in [2.24, 2.45) is 0 Å². The standard InChI is InChI=1S/C20H30N4O3S3/c1-2-3-9-22(16-8-12-30(25,26)14-16)15-24-20(28)23(13-17-6-4-10-27-17)19(21-24)18-7-5-11-29-18/h5,7,11,16-17H,2-4,6,8-10,12-15H2,1H3/t16-,17+/m1/s1. The lowest BCUT2D eigenvalue weighted by atomic mass is 10.2. The average Bonchev–Trinajstić information content (AvgIpc) is 3.50. The smallest absolute Gasteiger partial charge is 0.199 e. The Morgan fingerprint density at radius 2 is 2.27 bits per heavy atom. The van der Waals surface area contributed by atoms with Crippen LogP contribution >= 0.6 is 23.6 Å². The Balaban J connectivity index is 1.62. The van der Waals surface area contributed by atoms with Crippen LogP contribution in [0.5, 0.6) is 0 Å². The molecule has 0 aromatic carbocycles. The molecule has 2 fully saturated rings. The highest BCUT2D eigenvalue weighted by atomic mass is 32.2. The Labute approximate surface area is 187 Å². The zero-order chi connectivity index (χ0) is 21.1. The van der Waals surface area contributed by atoms with Crippen molar-refractivity contribution in [3.8, 4) is 10.7 Å². The fraction of sp³-hybridized carbons (Fsp3) is 0.700. The van der Waals surface area contributed by atoms with Gasteiger partial charge in [0.15, 0.2) is 20.4 Å². The summed E-state index contributed by atoms with van der Waals surface area (Å²) in [4.78, 5) is 3.34. The van der Waals surface area contributed by atoms with E-state index < -0.39 is 9.84 Å². The predicted octanol–water partition coefficient (Wildman–Crippen LogP) is 3.57. The van der Waals surface area contributed by atoms with E-state index in [-0.39, 0.29) is 23.7 Å². The number of unbranched alkanes of at least 4 members (excludes halogenated alkanes) is 1. The second-order valence-electron chi connectivity index (χ2n) is 8.19. The van der Waals surface area contributed by atoms with Crippen molar-refractivity contribution in [3.63, 3.8) is 0 Å². The van der Waals surface area contributed by atoms with Gasteiger partial charge >= 0.3 is 0 Å². The van der Waals surface area contributed by atoms with Gasteiger partial charge in [-0.25, -0.2) is 13.1 Å². The van der Waals surface area contributed by atoms with Crippen molar-refractivity contribution in [1.29, 1.82) is 0 Å². The van der Waals surface area contributed by atoms with E-state index in [2.05, 4.69) is 22.5 Å². The summed E-state index contributed by atoms with van der Waals surface area (Å²) in [6.07, 6.45) is 5.08. The number of ether oxygens (including phenoxy) is 1. The molecule has 30 heavy (non-hydrogen) atoms. The Hall–Kier alpha value is -1.07. The van der Waals surface area contributed by atoms with Crippen LogP contribution in [0.4, 0.5) is 0 Å². The highest BCUT2D eigenvalue weighted by Crippen LogP contribution is 2.26. The van der Waals surface area contributed by atoms with Gasteiger partial charge in [-0.2, -0.15) is 0 Å². The van der Waals surface area contributed by atoms with E-state index in [9.17, 15) is 8.42 Å². The minimum atomic E-state index is -2.94. The maximum Gasteiger partial charge on any atom is 0.199 e. The van der Waals surface area contributed by atoms with Crippen LogP contribution in [0, 0.1) is 4.77 Å². The molecule has 0 radical (unpaired) electrons. The molecule has 0 spiro atoms. The molecule has 2 aromatic heterocycles. The fourth-order valence-electron chi connectivity index (χ4n) is 4.24. The van der Waals surface area contributed by atoms with Crippen LogP contribution in [-0.2, 0) is 27.8 Å². The third-order valence-electron chi connectivity index (χ3n) is 5.91. The molecule has 2 aliphatic rings. The number of nitrogens with zero attached hydrogens (tertiary/aromatic N) is 4. The first-order valence-corrected chi connectivity index (χ1v) is 13.9. The summed E-state index contributed by atoms with van der Waals surface area (Å²) < 4.78 is 34.6. The van der Waals surface area contributed by atoms with Gasteiger partial charge in [-0.1, -0.05) is 19.4 Å². The zero-order valence-electron chi connectivity index (χ0n) is 17.4. The van der Waals surface area contributed by atoms with Crippen molar-refractivity contribution in [2.75, 3.05) is 24.7 Å². The summed E-state index contributed by atoms with van der Waals surface area (Å²) in [6, 6.07) is 4.13. The van der Waals surface area contributed by atoms with E-state index in [0.29, 0.717) is 24.4 Å². The first kappa shape index (κ1) is 22.1. The van der Waals surface area contributed by atoms with Crippen LogP contribution < -0.4 is 0 Å². The second-order valence-corrected chi connectivity index (χ2v) is 11.7. The molecule has 2 saturated heterocycles. The normalized spacial score (nSPS) is 23.5. The topological polar surface area (TPSA) is 69.4 Å². The Morgan fingerprint density at radius 1 is 1.40 bits per heavy atom. The lowest BCUT2D eigenvalue weighted by Gasteiger charge is -2.27. The molecule has 0 amide bonds. The number of sulfone groups is 1. The van der Waals surface area contributed by atoms with Gasteiger partial charge in [-0.3, -0.25) is 9.47 Å². The molecule has 0 aliphatic carbocycles. The average molecular weight is 471 g/mol. The monoisotopic (exact) mass is 470 g/mol. The lowest BCUT2D eigenvalue weighted by Crippen LogP contribution is -2.38. The number of hydrogen-bond acceptors (Lipinski definition) is 7. The molecule has 4 heterocycles. The van der Waals surface area contributed by atoms with Crippen LogP contribution in [-0.4, -0.2) is 64.5 Å². The third-order valence-corrected chi connectivity index (χ3v) is 8.96. The van der Waals surface area contributed by atoms with E-state index in [1.807, 2.05) is 16.1 Å². The molecular formula is C20H30N4O3S3. The second kappa shape index (κ2) is 9.60. The highest BCUT2D eigenvalue weighted by Gasteiger charge is 2.32. The summed E-state index contributed by atoms with van der Waals surface area (Å²) >= 11 is 7.49. The van der Waals surface area contributed by atoms with Crippen LogP contribution in [0.3, 0.4) is 0 Å². The minimum Gasteiger partial charge on any atom is -0.376 e. The Bertz CT molecular complexity index is 991. The van der Waals surface area contributed by atoms with E-state index in [1.165, 1.54) is 0 Å². The van der Waals surface area contributed by atoms with Crippen molar-refractivity contribution >= 4 is 33.4 Å². The predicted molar refractivity (Wildman–Crippen MR) is 122 cm³/mol. The molecule has 7 nitrogen and oxygen atoms in total. The minimum absolute atomic E-state index is 0.0388. The van der Waals surface area contributed by atoms with Gasteiger partial charge in [-0.15, -0.1) is 16.4 Å². The number of rotatable bonds is 9. The first-order chi connectivity index (χ1) is 14.5. The molecule has 0 bridgehead atoms. The summed E-state index contributed by atoms with van der Waals surface area (Å²) in [7, 11) is -2.94. The maximum atomic E-state index is 12.1. The van der Waals surface area contributed by atoms with Gasteiger partial charge in [0.2, 0.25) is 0 Å². The van der Waals surface area contributed by atoms with Crippen LogP contribution in [0.25, 0.3) is 10.7 Å². The van der Waals surface area contributed by atoms with Crippen molar-refractivity contribution in [3.05, 3.63) is 22.3 Å². The van der Waals surface area contributed by atoms with Crippen molar-refractivity contribution < 1.29 is 13.2 Å². The lowest BCUT2D eigenvalue weighted by molar-refractivity contribution is 0.0964. The van der Waals surface area contributed by atoms with E-state index >= 15 is 0 Å². The molecule has 0 N–H and O–H groups in total. The van der Waals surface area contributed by atoms with Crippen LogP contribution in [0.2, 0.25) is 0 Å². The van der Waals surface area contributed by atoms with Gasteiger partial charge < -0.3 is 4.74 Å². The Morgan fingerprint density at radius 3 is 2.90 bits per heavy atom. The van der Waals surface area contributed by atoms with E-state index in [1.54, 1.807) is 11.3 Å². The molecular weight excluding hydrogens is 440 g/mol. The van der Waals surface area contributed by atoms with Gasteiger partial charge in [0.05, 0.1) is 35.7 Å². The van der Waals surface area contributed by atoms with Crippen LogP contribution in [0.15, 0.2) is 17.5 Å². The largest absolute Gasteiger partial charge is 0.376 e. The Kier molecular flexibility index (Phi) is 7.08. The fourth-order valence-corrected chi connectivity index (χ4v) is 6.98. The molecule has 2 atom stereocenters. The molecule has 4 rings (SSSR count). The van der Waals surface area contributed by atoms with Crippen molar-refractivity contribution in [2.45, 2.75) is 64.4 Å². The van der Waals surface area contributed by atoms with E-state index in [0.717, 1.165) is 49.5 Å². The molecule has 2 aliphatic heterocycles. The number of hydrogen-bond donors (Lipinski definition) is 0. The SMILES string of the molecule is CCCCN(Cn1nc(-c2cccs2)n(C[C@@H]2CCCO2)c1=S)[C@@H]1CCS(=O)(=O)C1. The summed E-state index contributed by atoms with van der Waals surface area (Å²) in [6.45, 7) is 5.04. The number of aromatic nitrogens is 3. The quantitative estimate of drug-likeness (QED) is 0.522. The molecule has 2 aromatic rings. The van der Waals surface area contributed by atoms with Gasteiger partial charge in [0.1, 0.15) is 0 Å². The van der Waals surface area contributed by atoms with Gasteiger partial charge in [-0.05, 0) is 49.3 Å². The number of thiophene rings is 1. The summed E-state index contributed by atoms with van der Waals surface area (Å²) in [5.41, 5.74) is 0. The third kappa shape index (κ3) is 5.04. The van der Waals surface area contributed by atoms with Gasteiger partial charge in [0.25, 0.3) is 0 Å². The van der Waals surface area contributed by atoms with Gasteiger partial charge in [0, 0.05) is 19.2 Å². The van der Waals surface area contributed by atoms with Crippen molar-refractivity contribution in [1.82, 2.24) is 19.2 Å². The summed E-state index contributed by atoms with van der Waals surface area (Å²) in [5.74, 6) is 1.39. The summed E-state index contributed by atoms with van der Waals surface area (Å²) in [5, 5.41) is 6.94. The maximum absolute atomic E-state index is 12.1. The highest BCUT2D eigenvalue weighted by molar-refractivity contribution is 7.91. The first-order valence-electron chi connectivity index (χ1n) is 10.7. The van der Waals surface area contributed by atoms with Crippen LogP contribution in [0.1, 0.15) is 39.0 Å². The molecule has 166 valence electrons.